The number of hydrogen-bond acceptors (Lipinski definition) is 1. The summed E-state index contributed by atoms with van der Waals surface area (Å²) in [7, 11) is 0. The molecule has 0 fully saturated rings. The number of rotatable bonds is 5. The van der Waals surface area contributed by atoms with Crippen molar-refractivity contribution in [2.24, 2.45) is 0 Å². The van der Waals surface area contributed by atoms with Crippen LogP contribution in [0.3, 0.4) is 0 Å². The van der Waals surface area contributed by atoms with Crippen LogP contribution in [0.5, 0.6) is 0 Å². The van der Waals surface area contributed by atoms with Crippen LogP contribution in [0, 0.1) is 0 Å². The van der Waals surface area contributed by atoms with Gasteiger partial charge in [0.05, 0.1) is 6.61 Å². The molecule has 0 aliphatic carbocycles. The van der Waals surface area contributed by atoms with E-state index in [0.717, 1.165) is 13.2 Å². The third-order valence-electron chi connectivity index (χ3n) is 1.51. The van der Waals surface area contributed by atoms with Gasteiger partial charge in [0.25, 0.3) is 0 Å². The second-order valence-electron chi connectivity index (χ2n) is 2.48. The first-order chi connectivity index (χ1) is 5.93. The number of nitrogens with zero attached hydrogens (tertiary/aromatic N) is 1. The third kappa shape index (κ3) is 3.30. The first-order valence-electron chi connectivity index (χ1n) is 4.06. The van der Waals surface area contributed by atoms with Gasteiger partial charge in [-0.1, -0.05) is 12.1 Å². The summed E-state index contributed by atoms with van der Waals surface area (Å²) in [6.07, 6.45) is 5.81. The number of pyridine rings is 1. The number of aromatic nitrogens is 1. The summed E-state index contributed by atoms with van der Waals surface area (Å²) in [5.74, 6) is 0. The highest BCUT2D eigenvalue weighted by atomic mass is 16.5. The molecule has 64 valence electrons. The molecular formula is C10H14NO+. The standard InChI is InChI=1S/C10H14NO/c1-2-9-12-10-8-11-6-4-3-5-7-11/h2-7H,1,8-10H2/q+1. The van der Waals surface area contributed by atoms with E-state index in [1.807, 2.05) is 30.6 Å². The van der Waals surface area contributed by atoms with Gasteiger partial charge < -0.3 is 4.74 Å². The van der Waals surface area contributed by atoms with Crippen molar-refractivity contribution in [3.63, 3.8) is 0 Å². The zero-order chi connectivity index (χ0) is 8.65. The molecular weight excluding hydrogens is 150 g/mol. The fourth-order valence-corrected chi connectivity index (χ4v) is 0.920. The van der Waals surface area contributed by atoms with E-state index >= 15 is 0 Å². The molecule has 2 heteroatoms. The molecule has 2 nitrogen and oxygen atoms in total. The Bertz CT molecular complexity index is 221. The van der Waals surface area contributed by atoms with E-state index in [4.69, 9.17) is 4.74 Å². The van der Waals surface area contributed by atoms with Crippen LogP contribution in [-0.2, 0) is 11.3 Å². The summed E-state index contributed by atoms with van der Waals surface area (Å²) in [4.78, 5) is 0. The summed E-state index contributed by atoms with van der Waals surface area (Å²) >= 11 is 0. The zero-order valence-electron chi connectivity index (χ0n) is 7.15. The van der Waals surface area contributed by atoms with Gasteiger partial charge in [-0.2, -0.15) is 0 Å². The molecule has 1 rings (SSSR count). The minimum Gasteiger partial charge on any atom is -0.371 e. The molecule has 1 heterocycles. The van der Waals surface area contributed by atoms with E-state index in [2.05, 4.69) is 11.1 Å². The summed E-state index contributed by atoms with van der Waals surface area (Å²) in [6.45, 7) is 5.84. The highest BCUT2D eigenvalue weighted by Crippen LogP contribution is 1.79. The highest BCUT2D eigenvalue weighted by Gasteiger charge is 1.95. The third-order valence-corrected chi connectivity index (χ3v) is 1.51. The normalized spacial score (nSPS) is 9.67. The van der Waals surface area contributed by atoms with Crippen molar-refractivity contribution in [2.45, 2.75) is 6.54 Å². The second-order valence-corrected chi connectivity index (χ2v) is 2.48. The van der Waals surface area contributed by atoms with Crippen LogP contribution in [0.15, 0.2) is 43.2 Å². The SMILES string of the molecule is C=CCOCC[n+]1ccccc1. The molecule has 0 saturated heterocycles. The minimum atomic E-state index is 0.632. The van der Waals surface area contributed by atoms with Gasteiger partial charge in [-0.15, -0.1) is 6.58 Å². The van der Waals surface area contributed by atoms with Gasteiger partial charge >= 0.3 is 0 Å². The van der Waals surface area contributed by atoms with Gasteiger partial charge in [-0.25, -0.2) is 4.57 Å². The van der Waals surface area contributed by atoms with Crippen LogP contribution < -0.4 is 4.57 Å². The van der Waals surface area contributed by atoms with Gasteiger partial charge in [0, 0.05) is 12.1 Å². The maximum Gasteiger partial charge on any atom is 0.171 e. The maximum absolute atomic E-state index is 5.25. The van der Waals surface area contributed by atoms with Gasteiger partial charge in [-0.05, 0) is 0 Å². The molecule has 1 aromatic heterocycles. The predicted molar refractivity (Wildman–Crippen MR) is 47.7 cm³/mol. The molecule has 0 bridgehead atoms. The zero-order valence-corrected chi connectivity index (χ0v) is 7.15. The molecule has 0 atom stereocenters. The first-order valence-corrected chi connectivity index (χ1v) is 4.06. The van der Waals surface area contributed by atoms with E-state index < -0.39 is 0 Å². The number of ether oxygens (including phenoxy) is 1. The van der Waals surface area contributed by atoms with E-state index in [9.17, 15) is 0 Å². The smallest absolute Gasteiger partial charge is 0.171 e. The average Bonchev–Trinajstić information content (AvgIpc) is 2.14. The van der Waals surface area contributed by atoms with E-state index in [-0.39, 0.29) is 0 Å². The Morgan fingerprint density at radius 3 is 2.67 bits per heavy atom. The Hall–Kier alpha value is -1.15. The van der Waals surface area contributed by atoms with Crippen molar-refractivity contribution in [1.29, 1.82) is 0 Å². The molecule has 0 N–H and O–H groups in total. The Labute approximate surface area is 73.1 Å². The Kier molecular flexibility index (Phi) is 4.09. The monoisotopic (exact) mass is 164 g/mol. The number of hydrogen-bond donors (Lipinski definition) is 0. The maximum atomic E-state index is 5.25. The average molecular weight is 164 g/mol. The summed E-state index contributed by atoms with van der Waals surface area (Å²) in [5.41, 5.74) is 0. The van der Waals surface area contributed by atoms with Crippen molar-refractivity contribution in [2.75, 3.05) is 13.2 Å². The quantitative estimate of drug-likeness (QED) is 0.362. The molecule has 1 aromatic rings. The fourth-order valence-electron chi connectivity index (χ4n) is 0.920. The lowest BCUT2D eigenvalue weighted by Gasteiger charge is -1.96. The van der Waals surface area contributed by atoms with Gasteiger partial charge in [0.1, 0.15) is 6.61 Å². The van der Waals surface area contributed by atoms with Crippen LogP contribution in [0.4, 0.5) is 0 Å². The minimum absolute atomic E-state index is 0.632. The highest BCUT2D eigenvalue weighted by molar-refractivity contribution is 4.83. The van der Waals surface area contributed by atoms with Crippen molar-refractivity contribution in [3.05, 3.63) is 43.2 Å². The predicted octanol–water partition coefficient (Wildman–Crippen LogP) is 1.18. The summed E-state index contributed by atoms with van der Waals surface area (Å²) in [6, 6.07) is 6.02. The summed E-state index contributed by atoms with van der Waals surface area (Å²) < 4.78 is 7.33. The van der Waals surface area contributed by atoms with Crippen LogP contribution in [0.25, 0.3) is 0 Å². The first kappa shape index (κ1) is 8.94. The van der Waals surface area contributed by atoms with Crippen LogP contribution >= 0.6 is 0 Å². The van der Waals surface area contributed by atoms with Gasteiger partial charge in [0.15, 0.2) is 18.9 Å². The topological polar surface area (TPSA) is 13.1 Å². The lowest BCUT2D eigenvalue weighted by Crippen LogP contribution is -2.34. The molecule has 0 saturated carbocycles. The lowest BCUT2D eigenvalue weighted by atomic mass is 10.5. The van der Waals surface area contributed by atoms with Crippen LogP contribution in [0.2, 0.25) is 0 Å². The van der Waals surface area contributed by atoms with E-state index in [0.29, 0.717) is 6.61 Å². The molecule has 0 radical (unpaired) electrons. The van der Waals surface area contributed by atoms with Crippen LogP contribution in [-0.4, -0.2) is 13.2 Å². The summed E-state index contributed by atoms with van der Waals surface area (Å²) in [5, 5.41) is 0. The Balaban J connectivity index is 2.20. The van der Waals surface area contributed by atoms with Gasteiger partial charge in [-0.3, -0.25) is 0 Å². The molecule has 0 aliphatic rings. The lowest BCUT2D eigenvalue weighted by molar-refractivity contribution is -0.698. The molecule has 0 aliphatic heterocycles. The van der Waals surface area contributed by atoms with Crippen molar-refractivity contribution < 1.29 is 9.30 Å². The Morgan fingerprint density at radius 2 is 2.00 bits per heavy atom. The largest absolute Gasteiger partial charge is 0.371 e. The van der Waals surface area contributed by atoms with Crippen molar-refractivity contribution in [3.8, 4) is 0 Å². The van der Waals surface area contributed by atoms with Gasteiger partial charge in [0.2, 0.25) is 0 Å². The molecule has 0 spiro atoms. The molecule has 0 amide bonds. The molecule has 12 heavy (non-hydrogen) atoms. The molecule has 0 unspecified atom stereocenters. The molecule has 0 aromatic carbocycles. The fraction of sp³-hybridized carbons (Fsp3) is 0.300. The van der Waals surface area contributed by atoms with Crippen LogP contribution in [0.1, 0.15) is 0 Å². The van der Waals surface area contributed by atoms with E-state index in [1.165, 1.54) is 0 Å². The Morgan fingerprint density at radius 1 is 1.25 bits per heavy atom. The second kappa shape index (κ2) is 5.49. The van der Waals surface area contributed by atoms with E-state index in [1.54, 1.807) is 6.08 Å². The van der Waals surface area contributed by atoms with Crippen molar-refractivity contribution in [1.82, 2.24) is 0 Å². The van der Waals surface area contributed by atoms with Crippen molar-refractivity contribution >= 4 is 0 Å².